The van der Waals surface area contributed by atoms with Crippen LogP contribution in [0.5, 0.6) is 0 Å². The van der Waals surface area contributed by atoms with E-state index in [-0.39, 0.29) is 18.4 Å². The first-order valence-electron chi connectivity index (χ1n) is 8.92. The standard InChI is InChI=1S/C19H25N3O4/c1-2-26-17(23)12-22-8-5-14-11-15(3-4-16(14)22)21-18(24)19(13-20)6-9-25-10-7-19/h3-5,8,11H,2,6-7,9-10,12-13,20H2,1H3,(H,21,24). The van der Waals surface area contributed by atoms with Gasteiger partial charge in [0.1, 0.15) is 6.54 Å². The summed E-state index contributed by atoms with van der Waals surface area (Å²) < 4.78 is 12.2. The maximum Gasteiger partial charge on any atom is 0.325 e. The van der Waals surface area contributed by atoms with E-state index < -0.39 is 5.41 Å². The lowest BCUT2D eigenvalue weighted by Gasteiger charge is -2.34. The van der Waals surface area contributed by atoms with Gasteiger partial charge in [0.05, 0.1) is 12.0 Å². The number of anilines is 1. The van der Waals surface area contributed by atoms with E-state index in [2.05, 4.69) is 5.32 Å². The number of carbonyl (C=O) groups excluding carboxylic acids is 2. The van der Waals surface area contributed by atoms with Crippen LogP contribution < -0.4 is 11.1 Å². The van der Waals surface area contributed by atoms with E-state index >= 15 is 0 Å². The monoisotopic (exact) mass is 359 g/mol. The van der Waals surface area contributed by atoms with Crippen LogP contribution >= 0.6 is 0 Å². The summed E-state index contributed by atoms with van der Waals surface area (Å²) in [6.45, 7) is 3.73. The van der Waals surface area contributed by atoms with Gasteiger partial charge >= 0.3 is 5.97 Å². The molecule has 0 saturated carbocycles. The number of fused-ring (bicyclic) bond motifs is 1. The SMILES string of the molecule is CCOC(=O)Cn1ccc2cc(NC(=O)C3(CN)CCOCC3)ccc21. The zero-order chi connectivity index (χ0) is 18.6. The second-order valence-corrected chi connectivity index (χ2v) is 6.57. The van der Waals surface area contributed by atoms with Gasteiger partial charge in [-0.15, -0.1) is 0 Å². The molecule has 2 aromatic rings. The Hall–Kier alpha value is -2.38. The van der Waals surface area contributed by atoms with Gasteiger partial charge < -0.3 is 25.1 Å². The summed E-state index contributed by atoms with van der Waals surface area (Å²) >= 11 is 0. The van der Waals surface area contributed by atoms with Crippen LogP contribution in [0.3, 0.4) is 0 Å². The molecule has 3 rings (SSSR count). The Morgan fingerprint density at radius 1 is 1.31 bits per heavy atom. The van der Waals surface area contributed by atoms with Crippen molar-refractivity contribution >= 4 is 28.5 Å². The molecule has 1 aromatic heterocycles. The van der Waals surface area contributed by atoms with E-state index in [4.69, 9.17) is 15.2 Å². The van der Waals surface area contributed by atoms with Gasteiger partial charge in [0.15, 0.2) is 0 Å². The Morgan fingerprint density at radius 2 is 2.08 bits per heavy atom. The molecule has 3 N–H and O–H groups in total. The van der Waals surface area contributed by atoms with Crippen molar-refractivity contribution < 1.29 is 19.1 Å². The summed E-state index contributed by atoms with van der Waals surface area (Å²) in [6, 6.07) is 7.55. The molecule has 1 amide bonds. The Balaban J connectivity index is 1.75. The highest BCUT2D eigenvalue weighted by Gasteiger charge is 2.38. The largest absolute Gasteiger partial charge is 0.465 e. The number of rotatable bonds is 6. The van der Waals surface area contributed by atoms with Gasteiger partial charge in [-0.2, -0.15) is 0 Å². The van der Waals surface area contributed by atoms with E-state index in [9.17, 15) is 9.59 Å². The number of benzene rings is 1. The number of hydrogen-bond donors (Lipinski definition) is 2. The molecule has 0 aliphatic carbocycles. The Bertz CT molecular complexity index is 793. The Morgan fingerprint density at radius 3 is 2.77 bits per heavy atom. The van der Waals surface area contributed by atoms with Gasteiger partial charge in [0.25, 0.3) is 0 Å². The minimum absolute atomic E-state index is 0.0615. The van der Waals surface area contributed by atoms with Crippen molar-refractivity contribution in [2.45, 2.75) is 26.3 Å². The highest BCUT2D eigenvalue weighted by molar-refractivity contribution is 5.97. The van der Waals surface area contributed by atoms with Gasteiger partial charge in [0.2, 0.25) is 5.91 Å². The number of nitrogens with two attached hydrogens (primary N) is 1. The zero-order valence-electron chi connectivity index (χ0n) is 15.0. The summed E-state index contributed by atoms with van der Waals surface area (Å²) in [6.07, 6.45) is 3.11. The topological polar surface area (TPSA) is 95.6 Å². The molecule has 2 heterocycles. The molecule has 140 valence electrons. The number of amides is 1. The summed E-state index contributed by atoms with van der Waals surface area (Å²) in [4.78, 5) is 24.5. The highest BCUT2D eigenvalue weighted by Crippen LogP contribution is 2.31. The molecule has 1 saturated heterocycles. The van der Waals surface area contributed by atoms with Crippen LogP contribution in [0.25, 0.3) is 10.9 Å². The van der Waals surface area contributed by atoms with Gasteiger partial charge in [-0.25, -0.2) is 0 Å². The molecule has 7 heteroatoms. The minimum Gasteiger partial charge on any atom is -0.465 e. The fourth-order valence-corrected chi connectivity index (χ4v) is 3.31. The van der Waals surface area contributed by atoms with E-state index in [1.165, 1.54) is 0 Å². The predicted molar refractivity (Wildman–Crippen MR) is 98.7 cm³/mol. The first-order valence-corrected chi connectivity index (χ1v) is 8.92. The second-order valence-electron chi connectivity index (χ2n) is 6.57. The third-order valence-electron chi connectivity index (χ3n) is 4.96. The second kappa shape index (κ2) is 7.88. The lowest BCUT2D eigenvalue weighted by molar-refractivity contribution is -0.143. The lowest BCUT2D eigenvalue weighted by atomic mass is 9.79. The van der Waals surface area contributed by atoms with E-state index in [1.54, 1.807) is 6.92 Å². The Labute approximate surface area is 152 Å². The molecule has 0 unspecified atom stereocenters. The normalized spacial score (nSPS) is 16.4. The van der Waals surface area contributed by atoms with Gasteiger partial charge in [-0.1, -0.05) is 0 Å². The molecule has 1 aromatic carbocycles. The lowest BCUT2D eigenvalue weighted by Crippen LogP contribution is -2.46. The molecule has 0 bridgehead atoms. The molecule has 26 heavy (non-hydrogen) atoms. The van der Waals surface area contributed by atoms with Gasteiger partial charge in [-0.05, 0) is 44.0 Å². The molecular formula is C19H25N3O4. The van der Waals surface area contributed by atoms with Crippen molar-refractivity contribution in [3.63, 3.8) is 0 Å². The molecular weight excluding hydrogens is 334 g/mol. The van der Waals surface area contributed by atoms with Gasteiger partial charge in [-0.3, -0.25) is 9.59 Å². The van der Waals surface area contributed by atoms with Crippen molar-refractivity contribution in [3.8, 4) is 0 Å². The fourth-order valence-electron chi connectivity index (χ4n) is 3.31. The van der Waals surface area contributed by atoms with Crippen LogP contribution in [0, 0.1) is 5.41 Å². The molecule has 0 radical (unpaired) electrons. The molecule has 7 nitrogen and oxygen atoms in total. The van der Waals surface area contributed by atoms with Crippen LogP contribution in [0.4, 0.5) is 5.69 Å². The Kier molecular flexibility index (Phi) is 5.58. The predicted octanol–water partition coefficient (Wildman–Crippen LogP) is 1.90. The third-order valence-corrected chi connectivity index (χ3v) is 4.96. The number of aromatic nitrogens is 1. The number of carbonyl (C=O) groups is 2. The quantitative estimate of drug-likeness (QED) is 0.768. The van der Waals surface area contributed by atoms with Crippen LogP contribution in [-0.2, 0) is 25.6 Å². The molecule has 0 atom stereocenters. The van der Waals surface area contributed by atoms with Crippen LogP contribution in [-0.4, -0.2) is 42.8 Å². The molecule has 0 spiro atoms. The average Bonchev–Trinajstić information content (AvgIpc) is 3.04. The molecule has 1 aliphatic heterocycles. The summed E-state index contributed by atoms with van der Waals surface area (Å²) in [5, 5.41) is 3.94. The average molecular weight is 359 g/mol. The maximum absolute atomic E-state index is 12.8. The van der Waals surface area contributed by atoms with Crippen LogP contribution in [0.1, 0.15) is 19.8 Å². The number of nitrogens with one attached hydrogen (secondary N) is 1. The van der Waals surface area contributed by atoms with Crippen molar-refractivity contribution in [2.24, 2.45) is 11.1 Å². The van der Waals surface area contributed by atoms with Crippen molar-refractivity contribution in [3.05, 3.63) is 30.5 Å². The first-order chi connectivity index (χ1) is 12.6. The van der Waals surface area contributed by atoms with Crippen molar-refractivity contribution in [1.82, 2.24) is 4.57 Å². The highest BCUT2D eigenvalue weighted by atomic mass is 16.5. The third kappa shape index (κ3) is 3.73. The molecule has 1 fully saturated rings. The van der Waals surface area contributed by atoms with Crippen LogP contribution in [0.2, 0.25) is 0 Å². The summed E-state index contributed by atoms with van der Waals surface area (Å²) in [5.74, 6) is -0.333. The van der Waals surface area contributed by atoms with E-state index in [1.807, 2.05) is 35.0 Å². The zero-order valence-corrected chi connectivity index (χ0v) is 15.0. The first kappa shape index (κ1) is 18.4. The summed E-state index contributed by atoms with van der Waals surface area (Å²) in [7, 11) is 0. The number of ether oxygens (including phenoxy) is 2. The maximum atomic E-state index is 12.8. The van der Waals surface area contributed by atoms with E-state index in [0.29, 0.717) is 39.2 Å². The minimum atomic E-state index is -0.566. The van der Waals surface area contributed by atoms with E-state index in [0.717, 1.165) is 16.6 Å². The fraction of sp³-hybridized carbons (Fsp3) is 0.474. The molecule has 1 aliphatic rings. The van der Waals surface area contributed by atoms with Gasteiger partial charge in [0, 0.05) is 42.5 Å². The van der Waals surface area contributed by atoms with Crippen LogP contribution in [0.15, 0.2) is 30.5 Å². The summed E-state index contributed by atoms with van der Waals surface area (Å²) in [5.41, 5.74) is 6.96. The number of esters is 1. The number of nitrogens with zero attached hydrogens (tertiary/aromatic N) is 1. The smallest absolute Gasteiger partial charge is 0.325 e. The van der Waals surface area contributed by atoms with Crippen molar-refractivity contribution in [2.75, 3.05) is 31.7 Å². The number of hydrogen-bond acceptors (Lipinski definition) is 5. The van der Waals surface area contributed by atoms with Crippen molar-refractivity contribution in [1.29, 1.82) is 0 Å².